The molecule has 1 aromatic rings. The maximum Gasteiger partial charge on any atom is 0.325 e. The number of nitrogens with zero attached hydrogens (tertiary/aromatic N) is 1. The first-order chi connectivity index (χ1) is 9.72. The Morgan fingerprint density at radius 1 is 1.10 bits per heavy atom. The molecule has 2 aliphatic heterocycles. The van der Waals surface area contributed by atoms with Crippen LogP contribution in [0.1, 0.15) is 18.4 Å². The van der Waals surface area contributed by atoms with Gasteiger partial charge in [0.15, 0.2) is 0 Å². The van der Waals surface area contributed by atoms with Gasteiger partial charge in [0, 0.05) is 6.54 Å². The molecular formula is C15H19N3O2. The Bertz CT molecular complexity index is 509. The molecule has 1 aromatic carbocycles. The van der Waals surface area contributed by atoms with Crippen LogP contribution >= 0.6 is 0 Å². The van der Waals surface area contributed by atoms with E-state index in [0.717, 1.165) is 19.5 Å². The van der Waals surface area contributed by atoms with Gasteiger partial charge in [-0.05, 0) is 37.9 Å². The van der Waals surface area contributed by atoms with Crippen molar-refractivity contribution in [3.05, 3.63) is 35.9 Å². The van der Waals surface area contributed by atoms with Crippen LogP contribution in [0.4, 0.5) is 4.79 Å². The van der Waals surface area contributed by atoms with Gasteiger partial charge in [-0.2, -0.15) is 0 Å². The lowest BCUT2D eigenvalue weighted by Crippen LogP contribution is -2.56. The minimum absolute atomic E-state index is 0.128. The Balaban J connectivity index is 1.75. The Morgan fingerprint density at radius 2 is 1.80 bits per heavy atom. The summed E-state index contributed by atoms with van der Waals surface area (Å²) in [6.07, 6.45) is 2.16. The average Bonchev–Trinajstić information content (AvgIpc) is 2.70. The van der Waals surface area contributed by atoms with Crippen molar-refractivity contribution in [2.75, 3.05) is 19.6 Å². The number of benzene rings is 1. The number of carbonyl (C=O) groups is 2. The van der Waals surface area contributed by atoms with E-state index in [1.54, 1.807) is 4.90 Å². The summed E-state index contributed by atoms with van der Waals surface area (Å²) in [5.74, 6) is -0.128. The van der Waals surface area contributed by atoms with Crippen LogP contribution in [-0.4, -0.2) is 42.0 Å². The number of nitrogens with one attached hydrogen (secondary N) is 2. The third kappa shape index (κ3) is 2.18. The van der Waals surface area contributed by atoms with Gasteiger partial charge in [0.2, 0.25) is 0 Å². The van der Waals surface area contributed by atoms with Crippen molar-refractivity contribution in [1.82, 2.24) is 15.5 Å². The van der Waals surface area contributed by atoms with Crippen molar-refractivity contribution >= 4 is 11.9 Å². The monoisotopic (exact) mass is 273 g/mol. The largest absolute Gasteiger partial charge is 0.325 e. The second kappa shape index (κ2) is 5.25. The van der Waals surface area contributed by atoms with E-state index in [9.17, 15) is 9.59 Å². The second-order valence-electron chi connectivity index (χ2n) is 5.43. The minimum atomic E-state index is -0.628. The number of hydrogen-bond acceptors (Lipinski definition) is 3. The highest BCUT2D eigenvalue weighted by molar-refractivity contribution is 6.07. The molecule has 0 radical (unpaired) electrons. The van der Waals surface area contributed by atoms with Crippen LogP contribution in [0, 0.1) is 0 Å². The summed E-state index contributed by atoms with van der Waals surface area (Å²) in [5, 5.41) is 5.73. The topological polar surface area (TPSA) is 61.4 Å². The van der Waals surface area contributed by atoms with Gasteiger partial charge in [-0.1, -0.05) is 30.3 Å². The molecule has 2 fully saturated rings. The standard InChI is InChI=1S/C15H19N3O2/c19-13-15(7-9-16-10-8-15)18(14(20)17-13)11-6-12-4-2-1-3-5-12/h1-5,16H,6-11H2,(H,17,19,20). The molecule has 3 rings (SSSR count). The first-order valence-corrected chi connectivity index (χ1v) is 7.10. The molecular weight excluding hydrogens is 254 g/mol. The molecule has 0 atom stereocenters. The van der Waals surface area contributed by atoms with Crippen molar-refractivity contribution in [1.29, 1.82) is 0 Å². The maximum atomic E-state index is 12.2. The van der Waals surface area contributed by atoms with Crippen molar-refractivity contribution < 1.29 is 9.59 Å². The van der Waals surface area contributed by atoms with Crippen LogP contribution in [-0.2, 0) is 11.2 Å². The summed E-state index contributed by atoms with van der Waals surface area (Å²) in [4.78, 5) is 26.0. The van der Waals surface area contributed by atoms with Crippen molar-refractivity contribution in [2.45, 2.75) is 24.8 Å². The zero-order chi connectivity index (χ0) is 14.0. The minimum Gasteiger partial charge on any atom is -0.317 e. The van der Waals surface area contributed by atoms with Gasteiger partial charge in [-0.15, -0.1) is 0 Å². The third-order valence-corrected chi connectivity index (χ3v) is 4.30. The fourth-order valence-corrected chi connectivity index (χ4v) is 3.14. The number of carbonyl (C=O) groups excluding carboxylic acids is 2. The lowest BCUT2D eigenvalue weighted by Gasteiger charge is -2.38. The first-order valence-electron chi connectivity index (χ1n) is 7.10. The highest BCUT2D eigenvalue weighted by Gasteiger charge is 2.52. The number of urea groups is 1. The molecule has 5 heteroatoms. The zero-order valence-electron chi connectivity index (χ0n) is 11.4. The Hall–Kier alpha value is -1.88. The summed E-state index contributed by atoms with van der Waals surface area (Å²) in [5.41, 5.74) is 0.556. The van der Waals surface area contributed by atoms with Crippen LogP contribution < -0.4 is 10.6 Å². The molecule has 2 N–H and O–H groups in total. The van der Waals surface area contributed by atoms with E-state index in [1.165, 1.54) is 5.56 Å². The number of piperidine rings is 1. The summed E-state index contributed by atoms with van der Waals surface area (Å²) in [6, 6.07) is 9.81. The molecule has 2 heterocycles. The van der Waals surface area contributed by atoms with Crippen molar-refractivity contribution in [2.24, 2.45) is 0 Å². The Morgan fingerprint density at radius 3 is 2.50 bits per heavy atom. The maximum absolute atomic E-state index is 12.2. The molecule has 2 saturated heterocycles. The molecule has 3 amide bonds. The van der Waals surface area contributed by atoms with E-state index in [-0.39, 0.29) is 11.9 Å². The summed E-state index contributed by atoms with van der Waals surface area (Å²) in [7, 11) is 0. The van der Waals surface area contributed by atoms with Crippen LogP contribution in [0.25, 0.3) is 0 Å². The zero-order valence-corrected chi connectivity index (χ0v) is 11.4. The van der Waals surface area contributed by atoms with Crippen LogP contribution in [0.5, 0.6) is 0 Å². The molecule has 1 spiro atoms. The van der Waals surface area contributed by atoms with Gasteiger partial charge in [-0.25, -0.2) is 4.79 Å². The lowest BCUT2D eigenvalue weighted by atomic mass is 9.86. The quantitative estimate of drug-likeness (QED) is 0.805. The summed E-state index contributed by atoms with van der Waals surface area (Å²) >= 11 is 0. The van der Waals surface area contributed by atoms with Gasteiger partial charge in [-0.3, -0.25) is 10.1 Å². The van der Waals surface area contributed by atoms with E-state index >= 15 is 0 Å². The third-order valence-electron chi connectivity index (χ3n) is 4.30. The number of amides is 3. The molecule has 20 heavy (non-hydrogen) atoms. The Labute approximate surface area is 118 Å². The highest BCUT2D eigenvalue weighted by Crippen LogP contribution is 2.31. The van der Waals surface area contributed by atoms with Gasteiger partial charge in [0.1, 0.15) is 5.54 Å². The molecule has 106 valence electrons. The molecule has 0 unspecified atom stereocenters. The predicted octanol–water partition coefficient (Wildman–Crippen LogP) is 0.903. The summed E-state index contributed by atoms with van der Waals surface area (Å²) in [6.45, 7) is 2.15. The average molecular weight is 273 g/mol. The van der Waals surface area contributed by atoms with Crippen molar-refractivity contribution in [3.63, 3.8) is 0 Å². The highest BCUT2D eigenvalue weighted by atomic mass is 16.2. The fourth-order valence-electron chi connectivity index (χ4n) is 3.14. The molecule has 0 saturated carbocycles. The molecule has 0 aromatic heterocycles. The van der Waals surface area contributed by atoms with Gasteiger partial charge < -0.3 is 10.2 Å². The number of rotatable bonds is 3. The Kier molecular flexibility index (Phi) is 3.44. The fraction of sp³-hybridized carbons (Fsp3) is 0.467. The van der Waals surface area contributed by atoms with Crippen LogP contribution in [0.15, 0.2) is 30.3 Å². The van der Waals surface area contributed by atoms with E-state index in [2.05, 4.69) is 10.6 Å². The van der Waals surface area contributed by atoms with Crippen LogP contribution in [0.3, 0.4) is 0 Å². The number of hydrogen-bond donors (Lipinski definition) is 2. The first kappa shape index (κ1) is 13.1. The number of imide groups is 1. The van der Waals surface area contributed by atoms with E-state index in [1.807, 2.05) is 30.3 Å². The van der Waals surface area contributed by atoms with E-state index < -0.39 is 5.54 Å². The van der Waals surface area contributed by atoms with E-state index in [4.69, 9.17) is 0 Å². The van der Waals surface area contributed by atoms with E-state index in [0.29, 0.717) is 19.4 Å². The second-order valence-corrected chi connectivity index (χ2v) is 5.43. The van der Waals surface area contributed by atoms with Crippen LogP contribution in [0.2, 0.25) is 0 Å². The van der Waals surface area contributed by atoms with Gasteiger partial charge in [0.05, 0.1) is 0 Å². The SMILES string of the molecule is O=C1NC(=O)C2(CCNCC2)N1CCc1ccccc1. The smallest absolute Gasteiger partial charge is 0.317 e. The molecule has 0 bridgehead atoms. The molecule has 2 aliphatic rings. The molecule has 5 nitrogen and oxygen atoms in total. The van der Waals surface area contributed by atoms with Gasteiger partial charge >= 0.3 is 6.03 Å². The van der Waals surface area contributed by atoms with Crippen molar-refractivity contribution in [3.8, 4) is 0 Å². The lowest BCUT2D eigenvalue weighted by molar-refractivity contribution is -0.127. The predicted molar refractivity (Wildman–Crippen MR) is 75.2 cm³/mol. The summed E-state index contributed by atoms with van der Waals surface area (Å²) < 4.78 is 0. The van der Waals surface area contributed by atoms with Gasteiger partial charge in [0.25, 0.3) is 5.91 Å². The normalized spacial score (nSPS) is 21.3. The molecule has 0 aliphatic carbocycles.